The lowest BCUT2D eigenvalue weighted by Crippen LogP contribution is -2.26. The Kier molecular flexibility index (Phi) is 5.62. The van der Waals surface area contributed by atoms with Crippen LogP contribution in [0, 0.1) is 5.92 Å². The maximum absolute atomic E-state index is 6.30. The number of rotatable bonds is 6. The summed E-state index contributed by atoms with van der Waals surface area (Å²) >= 11 is 3.55. The van der Waals surface area contributed by atoms with Gasteiger partial charge in [0.05, 0.1) is 29.0 Å². The highest BCUT2D eigenvalue weighted by atomic mass is 79.9. The second kappa shape index (κ2) is 6.52. The molecule has 2 atom stereocenters. The van der Waals surface area contributed by atoms with Crippen molar-refractivity contribution in [3.63, 3.8) is 0 Å². The third kappa shape index (κ3) is 3.79. The van der Waals surface area contributed by atoms with Crippen LogP contribution in [0.1, 0.15) is 32.0 Å². The largest absolute Gasteiger partial charge is 0.322 e. The zero-order valence-corrected chi connectivity index (χ0v) is 12.7. The summed E-state index contributed by atoms with van der Waals surface area (Å²) in [6.45, 7) is 6.19. The van der Waals surface area contributed by atoms with Crippen LogP contribution in [0.4, 0.5) is 0 Å². The number of nitrogens with two attached hydrogens (primary N) is 1. The van der Waals surface area contributed by atoms with Gasteiger partial charge in [-0.3, -0.25) is 4.68 Å². The Balaban J connectivity index is 2.85. The van der Waals surface area contributed by atoms with Gasteiger partial charge in [-0.25, -0.2) is 0 Å². The van der Waals surface area contributed by atoms with Gasteiger partial charge < -0.3 is 10.6 Å². The molecular weight excluding hydrogens is 280 g/mol. The molecule has 0 saturated heterocycles. The topological polar surface area (TPSA) is 47.1 Å². The van der Waals surface area contributed by atoms with Crippen molar-refractivity contribution in [2.75, 3.05) is 20.6 Å². The number of hydrogen-bond donors (Lipinski definition) is 1. The monoisotopic (exact) mass is 302 g/mol. The summed E-state index contributed by atoms with van der Waals surface area (Å²) in [7, 11) is 4.12. The van der Waals surface area contributed by atoms with E-state index in [-0.39, 0.29) is 6.04 Å². The number of aromatic nitrogens is 2. The van der Waals surface area contributed by atoms with Crippen LogP contribution in [0.3, 0.4) is 0 Å². The maximum atomic E-state index is 6.30. The fourth-order valence-electron chi connectivity index (χ4n) is 1.70. The van der Waals surface area contributed by atoms with E-state index in [4.69, 9.17) is 5.73 Å². The average Bonchev–Trinajstić information content (AvgIpc) is 2.65. The molecule has 98 valence electrons. The first-order valence-electron chi connectivity index (χ1n) is 6.08. The number of hydrogen-bond acceptors (Lipinski definition) is 3. The first-order valence-corrected chi connectivity index (χ1v) is 6.88. The van der Waals surface area contributed by atoms with Crippen LogP contribution >= 0.6 is 15.9 Å². The molecule has 0 aliphatic rings. The Labute approximate surface area is 112 Å². The Hall–Kier alpha value is -0.390. The minimum atomic E-state index is 0.0408. The van der Waals surface area contributed by atoms with Crippen LogP contribution in [-0.4, -0.2) is 35.3 Å². The van der Waals surface area contributed by atoms with E-state index in [0.717, 1.165) is 29.7 Å². The Bertz CT molecular complexity index is 348. The molecular formula is C12H23BrN4. The molecule has 4 nitrogen and oxygen atoms in total. The number of nitrogens with zero attached hydrogens (tertiary/aromatic N) is 3. The molecule has 0 saturated carbocycles. The predicted molar refractivity (Wildman–Crippen MR) is 74.9 cm³/mol. The lowest BCUT2D eigenvalue weighted by atomic mass is 9.97. The van der Waals surface area contributed by atoms with Gasteiger partial charge in [-0.1, -0.05) is 20.3 Å². The van der Waals surface area contributed by atoms with Crippen molar-refractivity contribution in [1.82, 2.24) is 14.7 Å². The third-order valence-electron chi connectivity index (χ3n) is 3.16. The number of likely N-dealkylation sites (N-methyl/N-ethyl adjacent to an activating group) is 1. The van der Waals surface area contributed by atoms with Crippen molar-refractivity contribution in [3.05, 3.63) is 16.4 Å². The first-order chi connectivity index (χ1) is 7.97. The molecule has 5 heteroatoms. The Morgan fingerprint density at radius 2 is 2.18 bits per heavy atom. The quantitative estimate of drug-likeness (QED) is 0.877. The molecule has 0 spiro atoms. The first kappa shape index (κ1) is 14.7. The minimum Gasteiger partial charge on any atom is -0.322 e. The van der Waals surface area contributed by atoms with Gasteiger partial charge in [0.15, 0.2) is 0 Å². The van der Waals surface area contributed by atoms with Crippen molar-refractivity contribution in [3.8, 4) is 0 Å². The zero-order valence-electron chi connectivity index (χ0n) is 11.2. The molecule has 2 unspecified atom stereocenters. The summed E-state index contributed by atoms with van der Waals surface area (Å²) in [6, 6.07) is 0.0408. The molecule has 2 N–H and O–H groups in total. The fraction of sp³-hybridized carbons (Fsp3) is 0.750. The van der Waals surface area contributed by atoms with Crippen molar-refractivity contribution >= 4 is 15.9 Å². The molecule has 1 heterocycles. The van der Waals surface area contributed by atoms with Crippen molar-refractivity contribution in [1.29, 1.82) is 0 Å². The molecule has 1 aromatic rings. The molecule has 0 bridgehead atoms. The maximum Gasteiger partial charge on any atom is 0.0696 e. The van der Waals surface area contributed by atoms with Crippen LogP contribution in [0.5, 0.6) is 0 Å². The standard InChI is InChI=1S/C12H23BrN4/c1-5-9(2)11(14)12-10(13)8-15-17(12)7-6-16(3)4/h8-9,11H,5-7,14H2,1-4H3. The average molecular weight is 303 g/mol. The second-order valence-corrected chi connectivity index (χ2v) is 5.67. The van der Waals surface area contributed by atoms with E-state index in [9.17, 15) is 0 Å². The number of halogens is 1. The van der Waals surface area contributed by atoms with E-state index in [0.29, 0.717) is 5.92 Å². The van der Waals surface area contributed by atoms with Crippen LogP contribution in [0.15, 0.2) is 10.7 Å². The molecule has 0 aliphatic heterocycles. The third-order valence-corrected chi connectivity index (χ3v) is 3.78. The van der Waals surface area contributed by atoms with Gasteiger partial charge in [0.1, 0.15) is 0 Å². The molecule has 1 aromatic heterocycles. The summed E-state index contributed by atoms with van der Waals surface area (Å²) in [5.41, 5.74) is 7.41. The van der Waals surface area contributed by atoms with Crippen LogP contribution < -0.4 is 5.73 Å². The van der Waals surface area contributed by atoms with Gasteiger partial charge in [0.2, 0.25) is 0 Å². The van der Waals surface area contributed by atoms with Crippen molar-refractivity contribution in [2.24, 2.45) is 11.7 Å². The normalized spacial score (nSPS) is 15.2. The molecule has 0 aromatic carbocycles. The van der Waals surface area contributed by atoms with E-state index < -0.39 is 0 Å². The molecule has 17 heavy (non-hydrogen) atoms. The lowest BCUT2D eigenvalue weighted by Gasteiger charge is -2.21. The van der Waals surface area contributed by atoms with Crippen LogP contribution in [0.25, 0.3) is 0 Å². The molecule has 1 rings (SSSR count). The van der Waals surface area contributed by atoms with Crippen molar-refractivity contribution in [2.45, 2.75) is 32.9 Å². The molecule has 0 fully saturated rings. The molecule has 0 aliphatic carbocycles. The summed E-state index contributed by atoms with van der Waals surface area (Å²) in [5.74, 6) is 0.459. The van der Waals surface area contributed by atoms with E-state index in [1.54, 1.807) is 0 Å². The van der Waals surface area contributed by atoms with Gasteiger partial charge in [0.25, 0.3) is 0 Å². The summed E-state index contributed by atoms with van der Waals surface area (Å²) in [5, 5.41) is 4.39. The molecule has 0 amide bonds. The lowest BCUT2D eigenvalue weighted by molar-refractivity contribution is 0.355. The summed E-state index contributed by atoms with van der Waals surface area (Å²) in [4.78, 5) is 2.15. The van der Waals surface area contributed by atoms with Crippen molar-refractivity contribution < 1.29 is 0 Å². The van der Waals surface area contributed by atoms with Crippen LogP contribution in [0.2, 0.25) is 0 Å². The molecule has 0 radical (unpaired) electrons. The SMILES string of the molecule is CCC(C)C(N)c1c(Br)cnn1CCN(C)C. The van der Waals surface area contributed by atoms with E-state index in [1.807, 2.05) is 10.9 Å². The van der Waals surface area contributed by atoms with Gasteiger partial charge in [-0.05, 0) is 35.9 Å². The summed E-state index contributed by atoms with van der Waals surface area (Å²) < 4.78 is 3.03. The fourth-order valence-corrected chi connectivity index (χ4v) is 2.26. The van der Waals surface area contributed by atoms with Crippen LogP contribution in [-0.2, 0) is 6.54 Å². The highest BCUT2D eigenvalue weighted by Crippen LogP contribution is 2.28. The zero-order chi connectivity index (χ0) is 13.0. The highest BCUT2D eigenvalue weighted by molar-refractivity contribution is 9.10. The second-order valence-electron chi connectivity index (χ2n) is 4.82. The summed E-state index contributed by atoms with van der Waals surface area (Å²) in [6.07, 6.45) is 2.92. The Morgan fingerprint density at radius 3 is 2.71 bits per heavy atom. The minimum absolute atomic E-state index is 0.0408. The van der Waals surface area contributed by atoms with E-state index in [1.165, 1.54) is 0 Å². The highest BCUT2D eigenvalue weighted by Gasteiger charge is 2.20. The smallest absolute Gasteiger partial charge is 0.0696 e. The van der Waals surface area contributed by atoms with Gasteiger partial charge in [-0.15, -0.1) is 0 Å². The van der Waals surface area contributed by atoms with Gasteiger partial charge in [-0.2, -0.15) is 5.10 Å². The Morgan fingerprint density at radius 1 is 1.53 bits per heavy atom. The predicted octanol–water partition coefficient (Wildman–Crippen LogP) is 2.25. The van der Waals surface area contributed by atoms with Gasteiger partial charge >= 0.3 is 0 Å². The van der Waals surface area contributed by atoms with E-state index >= 15 is 0 Å². The van der Waals surface area contributed by atoms with Gasteiger partial charge in [0, 0.05) is 6.54 Å². The van der Waals surface area contributed by atoms with E-state index in [2.05, 4.69) is 53.9 Å².